The van der Waals surface area contributed by atoms with Gasteiger partial charge in [0.2, 0.25) is 0 Å². The Labute approximate surface area is 65.6 Å². The summed E-state index contributed by atoms with van der Waals surface area (Å²) >= 11 is 4.33. The van der Waals surface area contributed by atoms with E-state index in [9.17, 15) is 0 Å². The quantitative estimate of drug-likeness (QED) is 0.536. The van der Waals surface area contributed by atoms with Crippen LogP contribution in [0.1, 0.15) is 12.8 Å². The second-order valence-corrected chi connectivity index (χ2v) is 3.29. The highest BCUT2D eigenvalue weighted by Gasteiger charge is 2.27. The molecule has 56 valence electrons. The molecule has 2 nitrogen and oxygen atoms in total. The zero-order chi connectivity index (χ0) is 6.97. The maximum atomic E-state index is 5.28. The average molecular weight is 158 g/mol. The van der Waals surface area contributed by atoms with Crippen molar-refractivity contribution in [2.75, 3.05) is 6.79 Å². The second-order valence-electron chi connectivity index (χ2n) is 2.63. The van der Waals surface area contributed by atoms with Gasteiger partial charge < -0.3 is 9.47 Å². The van der Waals surface area contributed by atoms with Crippen LogP contribution >= 0.6 is 12.6 Å². The lowest BCUT2D eigenvalue weighted by molar-refractivity contribution is 0.0473. The Morgan fingerprint density at radius 2 is 2.40 bits per heavy atom. The maximum absolute atomic E-state index is 5.28. The minimum atomic E-state index is 0.239. The smallest absolute Gasteiger partial charge is 0.189 e. The normalized spacial score (nSPS) is 38.3. The van der Waals surface area contributed by atoms with Gasteiger partial charge in [0.05, 0.1) is 0 Å². The minimum Gasteiger partial charge on any atom is -0.469 e. The van der Waals surface area contributed by atoms with E-state index in [-0.39, 0.29) is 6.10 Å². The van der Waals surface area contributed by atoms with Crippen molar-refractivity contribution in [3.8, 4) is 0 Å². The van der Waals surface area contributed by atoms with Crippen LogP contribution in [0.15, 0.2) is 11.8 Å². The first-order valence-corrected chi connectivity index (χ1v) is 4.02. The molecule has 1 aliphatic carbocycles. The highest BCUT2D eigenvalue weighted by molar-refractivity contribution is 7.81. The lowest BCUT2D eigenvalue weighted by Gasteiger charge is -2.17. The summed E-state index contributed by atoms with van der Waals surface area (Å²) in [4.78, 5) is 0. The van der Waals surface area contributed by atoms with Crippen molar-refractivity contribution in [3.63, 3.8) is 0 Å². The fourth-order valence-corrected chi connectivity index (χ4v) is 1.63. The third-order valence-electron chi connectivity index (χ3n) is 1.89. The van der Waals surface area contributed by atoms with Crippen LogP contribution in [0, 0.1) is 0 Å². The molecule has 2 atom stereocenters. The predicted octanol–water partition coefficient (Wildman–Crippen LogP) is 1.34. The molecule has 0 spiro atoms. The fourth-order valence-electron chi connectivity index (χ4n) is 1.34. The first-order valence-electron chi connectivity index (χ1n) is 3.50. The largest absolute Gasteiger partial charge is 0.469 e. The third kappa shape index (κ3) is 1.04. The first-order chi connectivity index (χ1) is 4.86. The topological polar surface area (TPSA) is 18.5 Å². The summed E-state index contributed by atoms with van der Waals surface area (Å²) in [6.45, 7) is 0.428. The summed E-state index contributed by atoms with van der Waals surface area (Å²) in [6, 6.07) is 0. The van der Waals surface area contributed by atoms with E-state index < -0.39 is 0 Å². The Bertz CT molecular complexity index is 167. The van der Waals surface area contributed by atoms with Crippen molar-refractivity contribution in [1.82, 2.24) is 0 Å². The van der Waals surface area contributed by atoms with Gasteiger partial charge in [-0.3, -0.25) is 0 Å². The molecule has 2 aliphatic rings. The van der Waals surface area contributed by atoms with Crippen LogP contribution in [-0.2, 0) is 9.47 Å². The molecule has 1 fully saturated rings. The standard InChI is InChI=1S/C7H10O2S/c10-5-1-2-6-7(3-5)9-4-8-6/h3,5-6,10H,1-2,4H2/t5-,6+/m1/s1. The van der Waals surface area contributed by atoms with Crippen LogP contribution in [0.25, 0.3) is 0 Å². The molecule has 0 saturated carbocycles. The summed E-state index contributed by atoms with van der Waals surface area (Å²) in [5, 5.41) is 0.368. The number of rotatable bonds is 0. The van der Waals surface area contributed by atoms with E-state index in [1.807, 2.05) is 6.08 Å². The van der Waals surface area contributed by atoms with E-state index in [4.69, 9.17) is 9.47 Å². The Morgan fingerprint density at radius 3 is 3.30 bits per heavy atom. The van der Waals surface area contributed by atoms with E-state index in [1.54, 1.807) is 0 Å². The molecule has 0 aromatic rings. The predicted molar refractivity (Wildman–Crippen MR) is 40.9 cm³/mol. The van der Waals surface area contributed by atoms with Crippen LogP contribution < -0.4 is 0 Å². The molecule has 2 rings (SSSR count). The highest BCUT2D eigenvalue weighted by Crippen LogP contribution is 2.28. The number of fused-ring (bicyclic) bond motifs is 1. The zero-order valence-corrected chi connectivity index (χ0v) is 6.51. The second kappa shape index (κ2) is 2.47. The molecule has 0 bridgehead atoms. The van der Waals surface area contributed by atoms with Gasteiger partial charge in [-0.1, -0.05) is 0 Å². The van der Waals surface area contributed by atoms with Gasteiger partial charge in [-0.25, -0.2) is 0 Å². The lowest BCUT2D eigenvalue weighted by atomic mass is 10.0. The van der Waals surface area contributed by atoms with Gasteiger partial charge >= 0.3 is 0 Å². The molecule has 1 saturated heterocycles. The van der Waals surface area contributed by atoms with E-state index in [1.165, 1.54) is 0 Å². The number of thiol groups is 1. The number of ether oxygens (including phenoxy) is 2. The van der Waals surface area contributed by atoms with Gasteiger partial charge in [-0.15, -0.1) is 0 Å². The Kier molecular flexibility index (Phi) is 1.62. The molecule has 3 heteroatoms. The Hall–Kier alpha value is -0.150. The number of hydrogen-bond acceptors (Lipinski definition) is 3. The van der Waals surface area contributed by atoms with Gasteiger partial charge in [-0.05, 0) is 18.9 Å². The monoisotopic (exact) mass is 158 g/mol. The molecule has 0 aromatic carbocycles. The summed E-state index contributed by atoms with van der Waals surface area (Å²) in [6.07, 6.45) is 4.44. The molecule has 1 heterocycles. The van der Waals surface area contributed by atoms with Crippen molar-refractivity contribution >= 4 is 12.6 Å². The molecule has 1 aliphatic heterocycles. The van der Waals surface area contributed by atoms with Crippen molar-refractivity contribution in [1.29, 1.82) is 0 Å². The van der Waals surface area contributed by atoms with Crippen LogP contribution in [0.4, 0.5) is 0 Å². The van der Waals surface area contributed by atoms with E-state index >= 15 is 0 Å². The van der Waals surface area contributed by atoms with Crippen molar-refractivity contribution in [3.05, 3.63) is 11.8 Å². The number of hydrogen-bond donors (Lipinski definition) is 1. The summed E-state index contributed by atoms with van der Waals surface area (Å²) in [5.74, 6) is 0.992. The molecule has 0 amide bonds. The van der Waals surface area contributed by atoms with Gasteiger partial charge in [0, 0.05) is 5.25 Å². The van der Waals surface area contributed by atoms with Gasteiger partial charge in [0.15, 0.2) is 6.79 Å². The van der Waals surface area contributed by atoms with Gasteiger partial charge in [-0.2, -0.15) is 12.6 Å². The lowest BCUT2D eigenvalue weighted by Crippen LogP contribution is -2.16. The third-order valence-corrected chi connectivity index (χ3v) is 2.30. The zero-order valence-electron chi connectivity index (χ0n) is 5.62. The van der Waals surface area contributed by atoms with Crippen LogP contribution in [0.3, 0.4) is 0 Å². The molecular formula is C7H10O2S. The fraction of sp³-hybridized carbons (Fsp3) is 0.714. The summed E-state index contributed by atoms with van der Waals surface area (Å²) in [5.41, 5.74) is 0. The van der Waals surface area contributed by atoms with Crippen LogP contribution in [-0.4, -0.2) is 18.1 Å². The van der Waals surface area contributed by atoms with E-state index in [0.29, 0.717) is 12.0 Å². The minimum absolute atomic E-state index is 0.239. The van der Waals surface area contributed by atoms with Crippen LogP contribution in [0.5, 0.6) is 0 Å². The average Bonchev–Trinajstić information content (AvgIpc) is 2.33. The molecule has 0 unspecified atom stereocenters. The molecular weight excluding hydrogens is 148 g/mol. The van der Waals surface area contributed by atoms with E-state index in [0.717, 1.165) is 18.6 Å². The molecule has 0 N–H and O–H groups in total. The van der Waals surface area contributed by atoms with Crippen molar-refractivity contribution < 1.29 is 9.47 Å². The maximum Gasteiger partial charge on any atom is 0.189 e. The van der Waals surface area contributed by atoms with Gasteiger partial charge in [0.1, 0.15) is 11.9 Å². The van der Waals surface area contributed by atoms with Crippen molar-refractivity contribution in [2.45, 2.75) is 24.2 Å². The molecule has 0 radical (unpaired) electrons. The highest BCUT2D eigenvalue weighted by atomic mass is 32.1. The molecule has 0 aromatic heterocycles. The summed E-state index contributed by atoms with van der Waals surface area (Å²) < 4.78 is 10.5. The SMILES string of the molecule is S[C@H]1C=C2OCO[C@H]2CC1. The van der Waals surface area contributed by atoms with Gasteiger partial charge in [0.25, 0.3) is 0 Å². The van der Waals surface area contributed by atoms with E-state index in [2.05, 4.69) is 12.6 Å². The first kappa shape index (κ1) is 6.55. The summed E-state index contributed by atoms with van der Waals surface area (Å²) in [7, 11) is 0. The Morgan fingerprint density at radius 1 is 1.50 bits per heavy atom. The molecule has 10 heavy (non-hydrogen) atoms. The van der Waals surface area contributed by atoms with Crippen LogP contribution in [0.2, 0.25) is 0 Å². The van der Waals surface area contributed by atoms with Crippen molar-refractivity contribution in [2.24, 2.45) is 0 Å². The Balaban J connectivity index is 2.16.